The molecule has 180 valence electrons. The highest BCUT2D eigenvalue weighted by atomic mass is 35.5. The number of amides is 1. The molecule has 0 aliphatic carbocycles. The number of hydrogen-bond acceptors (Lipinski definition) is 4. The van der Waals surface area contributed by atoms with E-state index in [1.807, 2.05) is 66.9 Å². The molecule has 1 fully saturated rings. The minimum atomic E-state index is -0.106. The number of carbonyl (C=O) groups is 1. The third-order valence-electron chi connectivity index (χ3n) is 6.23. The number of benzene rings is 2. The summed E-state index contributed by atoms with van der Waals surface area (Å²) in [4.78, 5) is 18.1. The zero-order chi connectivity index (χ0) is 24.4. The minimum Gasteiger partial charge on any atom is -0.376 e. The van der Waals surface area contributed by atoms with Gasteiger partial charge in [0, 0.05) is 41.4 Å². The standard InChI is InChI=1S/C27H25Cl2N3O2S/c1-17-22(26(33)30-14-20-8-5-11-34-20)13-25(32(17)15-18-6-4-7-19(28)12-18)24-16-35-27(31-24)21-9-2-3-10-23(21)29/h2-4,6-7,9-10,12-13,16,20H,5,8,11,14-15H2,1H3,(H,30,33). The van der Waals surface area contributed by atoms with Crippen molar-refractivity contribution in [2.24, 2.45) is 0 Å². The molecule has 8 heteroatoms. The van der Waals surface area contributed by atoms with Crippen LogP contribution in [0.25, 0.3) is 22.0 Å². The van der Waals surface area contributed by atoms with Crippen LogP contribution in [0.4, 0.5) is 0 Å². The first-order valence-electron chi connectivity index (χ1n) is 11.5. The Kier molecular flexibility index (Phi) is 7.25. The average Bonchev–Trinajstić information content (AvgIpc) is 3.60. The molecule has 1 aliphatic rings. The van der Waals surface area contributed by atoms with Crippen molar-refractivity contribution in [1.82, 2.24) is 14.9 Å². The van der Waals surface area contributed by atoms with E-state index in [9.17, 15) is 4.79 Å². The van der Waals surface area contributed by atoms with Crippen molar-refractivity contribution in [3.63, 3.8) is 0 Å². The molecule has 0 bridgehead atoms. The third kappa shape index (κ3) is 5.31. The lowest BCUT2D eigenvalue weighted by Crippen LogP contribution is -2.32. The van der Waals surface area contributed by atoms with Crippen LogP contribution in [0.2, 0.25) is 10.0 Å². The molecule has 1 atom stereocenters. The minimum absolute atomic E-state index is 0.0870. The molecule has 3 heterocycles. The first-order chi connectivity index (χ1) is 17.0. The van der Waals surface area contributed by atoms with E-state index < -0.39 is 0 Å². The molecule has 0 spiro atoms. The van der Waals surface area contributed by atoms with Crippen molar-refractivity contribution in [2.75, 3.05) is 13.2 Å². The van der Waals surface area contributed by atoms with Crippen LogP contribution in [0.1, 0.15) is 34.5 Å². The summed E-state index contributed by atoms with van der Waals surface area (Å²) in [5.74, 6) is -0.106. The molecule has 5 nitrogen and oxygen atoms in total. The second-order valence-electron chi connectivity index (χ2n) is 8.61. The lowest BCUT2D eigenvalue weighted by molar-refractivity contribution is 0.0857. The van der Waals surface area contributed by atoms with Gasteiger partial charge < -0.3 is 14.6 Å². The Balaban J connectivity index is 1.50. The summed E-state index contributed by atoms with van der Waals surface area (Å²) >= 11 is 14.2. The normalized spacial score (nSPS) is 15.5. The van der Waals surface area contributed by atoms with Crippen LogP contribution < -0.4 is 5.32 Å². The van der Waals surface area contributed by atoms with Gasteiger partial charge in [0.25, 0.3) is 5.91 Å². The van der Waals surface area contributed by atoms with Crippen molar-refractivity contribution < 1.29 is 9.53 Å². The Morgan fingerprint density at radius 1 is 1.20 bits per heavy atom. The van der Waals surface area contributed by atoms with E-state index in [0.29, 0.717) is 28.7 Å². The van der Waals surface area contributed by atoms with Crippen molar-refractivity contribution in [3.05, 3.63) is 86.8 Å². The molecular formula is C27H25Cl2N3O2S. The predicted molar refractivity (Wildman–Crippen MR) is 143 cm³/mol. The number of carbonyl (C=O) groups excluding carboxylic acids is 1. The lowest BCUT2D eigenvalue weighted by Gasteiger charge is -2.12. The number of rotatable bonds is 7. The van der Waals surface area contributed by atoms with Crippen molar-refractivity contribution in [2.45, 2.75) is 32.4 Å². The van der Waals surface area contributed by atoms with E-state index in [1.165, 1.54) is 11.3 Å². The number of hydrogen-bond donors (Lipinski definition) is 1. The number of thiazole rings is 1. The number of aromatic nitrogens is 2. The van der Waals surface area contributed by atoms with Gasteiger partial charge in [-0.3, -0.25) is 4.79 Å². The number of nitrogens with zero attached hydrogens (tertiary/aromatic N) is 2. The van der Waals surface area contributed by atoms with Crippen LogP contribution in [0, 0.1) is 6.92 Å². The summed E-state index contributed by atoms with van der Waals surface area (Å²) in [5, 5.41) is 7.24. The molecule has 1 unspecified atom stereocenters. The Bertz CT molecular complexity index is 1360. The molecule has 1 saturated heterocycles. The summed E-state index contributed by atoms with van der Waals surface area (Å²) in [6.45, 7) is 3.81. The SMILES string of the molecule is Cc1c(C(=O)NCC2CCCO2)cc(-c2csc(-c3ccccc3Cl)n2)n1Cc1cccc(Cl)c1. The quantitative estimate of drug-likeness (QED) is 0.287. The molecule has 4 aromatic rings. The molecule has 2 aromatic carbocycles. The van der Waals surface area contributed by atoms with Gasteiger partial charge in [-0.15, -0.1) is 11.3 Å². The molecule has 1 aliphatic heterocycles. The average molecular weight is 526 g/mol. The smallest absolute Gasteiger partial charge is 0.253 e. The largest absolute Gasteiger partial charge is 0.376 e. The van der Waals surface area contributed by atoms with Crippen molar-refractivity contribution in [3.8, 4) is 22.0 Å². The van der Waals surface area contributed by atoms with Crippen LogP contribution in [0.3, 0.4) is 0 Å². The summed E-state index contributed by atoms with van der Waals surface area (Å²) in [7, 11) is 0. The Morgan fingerprint density at radius 2 is 2.06 bits per heavy atom. The van der Waals surface area contributed by atoms with Gasteiger partial charge in [-0.25, -0.2) is 4.98 Å². The maximum atomic E-state index is 13.2. The van der Waals surface area contributed by atoms with Gasteiger partial charge >= 0.3 is 0 Å². The molecular weight excluding hydrogens is 501 g/mol. The van der Waals surface area contributed by atoms with E-state index in [-0.39, 0.29) is 12.0 Å². The van der Waals surface area contributed by atoms with Gasteiger partial charge in [-0.1, -0.05) is 53.5 Å². The summed E-state index contributed by atoms with van der Waals surface area (Å²) < 4.78 is 7.78. The number of nitrogens with one attached hydrogen (secondary N) is 1. The number of ether oxygens (including phenoxy) is 1. The van der Waals surface area contributed by atoms with Gasteiger partial charge in [0.05, 0.1) is 28.1 Å². The Labute approximate surface area is 218 Å². The predicted octanol–water partition coefficient (Wildman–Crippen LogP) is 6.85. The summed E-state index contributed by atoms with van der Waals surface area (Å²) in [6.07, 6.45) is 2.10. The van der Waals surface area contributed by atoms with E-state index in [0.717, 1.165) is 52.7 Å². The van der Waals surface area contributed by atoms with Gasteiger partial charge in [-0.05, 0) is 49.6 Å². The molecule has 1 amide bonds. The summed E-state index contributed by atoms with van der Waals surface area (Å²) in [6, 6.07) is 17.4. The van der Waals surface area contributed by atoms with Gasteiger partial charge in [0.1, 0.15) is 5.01 Å². The van der Waals surface area contributed by atoms with Crippen molar-refractivity contribution in [1.29, 1.82) is 0 Å². The van der Waals surface area contributed by atoms with Gasteiger partial charge in [0.2, 0.25) is 0 Å². The topological polar surface area (TPSA) is 56.1 Å². The fourth-order valence-corrected chi connectivity index (χ4v) is 5.71. The second kappa shape index (κ2) is 10.5. The lowest BCUT2D eigenvalue weighted by atomic mass is 10.2. The first kappa shape index (κ1) is 24.1. The molecule has 0 radical (unpaired) electrons. The van der Waals surface area contributed by atoms with Crippen LogP contribution in [0.5, 0.6) is 0 Å². The van der Waals surface area contributed by atoms with E-state index in [2.05, 4.69) is 9.88 Å². The zero-order valence-electron chi connectivity index (χ0n) is 19.3. The monoisotopic (exact) mass is 525 g/mol. The fourth-order valence-electron chi connectivity index (χ4n) is 4.37. The molecule has 5 rings (SSSR count). The van der Waals surface area contributed by atoms with E-state index in [4.69, 9.17) is 32.9 Å². The van der Waals surface area contributed by atoms with Gasteiger partial charge in [-0.2, -0.15) is 0 Å². The van der Waals surface area contributed by atoms with Crippen molar-refractivity contribution >= 4 is 40.4 Å². The maximum Gasteiger partial charge on any atom is 0.253 e. The maximum absolute atomic E-state index is 13.2. The summed E-state index contributed by atoms with van der Waals surface area (Å²) in [5.41, 5.74) is 5.12. The molecule has 2 aromatic heterocycles. The molecule has 0 saturated carbocycles. The first-order valence-corrected chi connectivity index (χ1v) is 13.2. The molecule has 35 heavy (non-hydrogen) atoms. The van der Waals surface area contributed by atoms with Gasteiger partial charge in [0.15, 0.2) is 0 Å². The Hall–Kier alpha value is -2.64. The zero-order valence-corrected chi connectivity index (χ0v) is 21.6. The second-order valence-corrected chi connectivity index (χ2v) is 10.3. The fraction of sp³-hybridized carbons (Fsp3) is 0.259. The van der Waals surface area contributed by atoms with Crippen LogP contribution in [-0.2, 0) is 11.3 Å². The third-order valence-corrected chi connectivity index (χ3v) is 7.67. The van der Waals surface area contributed by atoms with Crippen LogP contribution >= 0.6 is 34.5 Å². The molecule has 1 N–H and O–H groups in total. The van der Waals surface area contributed by atoms with E-state index in [1.54, 1.807) is 0 Å². The van der Waals surface area contributed by atoms with E-state index >= 15 is 0 Å². The van der Waals surface area contributed by atoms with Crippen LogP contribution in [-0.4, -0.2) is 34.7 Å². The van der Waals surface area contributed by atoms with Crippen LogP contribution in [0.15, 0.2) is 60.0 Å². The highest BCUT2D eigenvalue weighted by molar-refractivity contribution is 7.13. The highest BCUT2D eigenvalue weighted by Gasteiger charge is 2.23. The highest BCUT2D eigenvalue weighted by Crippen LogP contribution is 2.35. The Morgan fingerprint density at radius 3 is 2.83 bits per heavy atom. The number of halogens is 2.